The Morgan fingerprint density at radius 2 is 1.65 bits per heavy atom. The predicted octanol–water partition coefficient (Wildman–Crippen LogP) is 2.37. The smallest absolute Gasteiger partial charge is 0.195 e. The zero-order valence-electron chi connectivity index (χ0n) is 12.7. The first-order chi connectivity index (χ1) is 9.34. The van der Waals surface area contributed by atoms with E-state index in [0.717, 1.165) is 19.3 Å². The number of hydrogen-bond acceptors (Lipinski definition) is 2. The highest BCUT2D eigenvalue weighted by atomic mass is 32.2. The molecular formula is C15H24N2O2S. The van der Waals surface area contributed by atoms with Crippen LogP contribution in [0.15, 0.2) is 24.3 Å². The van der Waals surface area contributed by atoms with Gasteiger partial charge in [-0.2, -0.15) is 17.0 Å². The molecule has 2 atom stereocenters. The van der Waals surface area contributed by atoms with Crippen molar-refractivity contribution in [3.63, 3.8) is 0 Å². The molecule has 1 aliphatic rings. The lowest BCUT2D eigenvalue weighted by molar-refractivity contribution is 0.324. The first kappa shape index (κ1) is 15.5. The average molecular weight is 296 g/mol. The molecule has 0 N–H and O–H groups in total. The van der Waals surface area contributed by atoms with Crippen LogP contribution in [0.3, 0.4) is 0 Å². The van der Waals surface area contributed by atoms with Gasteiger partial charge in [0.05, 0.1) is 0 Å². The van der Waals surface area contributed by atoms with Crippen LogP contribution < -0.4 is 0 Å². The maximum atomic E-state index is 12.3. The first-order valence-electron chi connectivity index (χ1n) is 7.06. The third-order valence-electron chi connectivity index (χ3n) is 4.28. The quantitative estimate of drug-likeness (QED) is 0.856. The van der Waals surface area contributed by atoms with Crippen LogP contribution >= 0.6 is 0 Å². The third-order valence-corrected chi connectivity index (χ3v) is 6.20. The Kier molecular flexibility index (Phi) is 4.52. The average Bonchev–Trinajstić information content (AvgIpc) is 2.87. The molecule has 4 nitrogen and oxygen atoms in total. The Labute approximate surface area is 122 Å². The summed E-state index contributed by atoms with van der Waals surface area (Å²) < 4.78 is 27.4. The van der Waals surface area contributed by atoms with Crippen molar-refractivity contribution in [1.82, 2.24) is 8.61 Å². The summed E-state index contributed by atoms with van der Waals surface area (Å²) in [4.78, 5) is 0. The van der Waals surface area contributed by atoms with Gasteiger partial charge in [-0.05, 0) is 25.3 Å². The maximum absolute atomic E-state index is 12.3. The summed E-state index contributed by atoms with van der Waals surface area (Å²) in [5.41, 5.74) is 2.48. The van der Waals surface area contributed by atoms with Crippen LogP contribution in [0.1, 0.15) is 36.3 Å². The minimum absolute atomic E-state index is 0.0603. The van der Waals surface area contributed by atoms with E-state index in [1.165, 1.54) is 15.4 Å². The molecule has 1 aromatic carbocycles. The fourth-order valence-electron chi connectivity index (χ4n) is 3.01. The van der Waals surface area contributed by atoms with Crippen molar-refractivity contribution >= 4 is 10.2 Å². The van der Waals surface area contributed by atoms with Crippen LogP contribution in [0.2, 0.25) is 0 Å². The molecule has 0 amide bonds. The topological polar surface area (TPSA) is 40.6 Å². The highest BCUT2D eigenvalue weighted by molar-refractivity contribution is 7.86. The summed E-state index contributed by atoms with van der Waals surface area (Å²) in [7, 11) is 1.53. The van der Waals surface area contributed by atoms with E-state index < -0.39 is 10.2 Å². The van der Waals surface area contributed by atoms with Crippen molar-refractivity contribution < 1.29 is 8.42 Å². The fraction of sp³-hybridized carbons (Fsp3) is 0.600. The Balaban J connectivity index is 2.25. The van der Waals surface area contributed by atoms with Crippen LogP contribution in [0, 0.1) is 6.92 Å². The zero-order chi connectivity index (χ0) is 14.9. The van der Waals surface area contributed by atoms with Crippen molar-refractivity contribution in [3.05, 3.63) is 35.4 Å². The van der Waals surface area contributed by atoms with Gasteiger partial charge in [-0.25, -0.2) is 0 Å². The Morgan fingerprint density at radius 1 is 1.05 bits per heavy atom. The standard InChI is InChI=1S/C15H24N2O2S/c1-12-8-10-13(11-9-12)14-6-5-7-15(14)17(4)20(18,19)16(2)3/h8-11,14-15H,5-7H2,1-4H3/t14-,15-/m1/s1. The molecule has 0 aromatic heterocycles. The zero-order valence-corrected chi connectivity index (χ0v) is 13.5. The molecule has 0 radical (unpaired) electrons. The number of likely N-dealkylation sites (N-methyl/N-ethyl adjacent to an activating group) is 1. The van der Waals surface area contributed by atoms with E-state index in [1.54, 1.807) is 25.4 Å². The van der Waals surface area contributed by atoms with Gasteiger partial charge < -0.3 is 0 Å². The lowest BCUT2D eigenvalue weighted by Crippen LogP contribution is -2.44. The largest absolute Gasteiger partial charge is 0.281 e. The highest BCUT2D eigenvalue weighted by Gasteiger charge is 2.37. The van der Waals surface area contributed by atoms with Crippen LogP contribution in [-0.2, 0) is 10.2 Å². The number of benzene rings is 1. The molecule has 0 heterocycles. The molecule has 0 spiro atoms. The summed E-state index contributed by atoms with van der Waals surface area (Å²) in [5, 5.41) is 0. The summed E-state index contributed by atoms with van der Waals surface area (Å²) in [6.45, 7) is 2.07. The second kappa shape index (κ2) is 5.84. The summed E-state index contributed by atoms with van der Waals surface area (Å²) in [6.07, 6.45) is 3.07. The Bertz CT molecular complexity index is 552. The molecular weight excluding hydrogens is 272 g/mol. The van der Waals surface area contributed by atoms with E-state index in [9.17, 15) is 8.42 Å². The molecule has 0 bridgehead atoms. The second-order valence-electron chi connectivity index (χ2n) is 5.82. The van der Waals surface area contributed by atoms with Crippen LogP contribution in [-0.4, -0.2) is 44.2 Å². The van der Waals surface area contributed by atoms with Gasteiger partial charge in [0.1, 0.15) is 0 Å². The van der Waals surface area contributed by atoms with Crippen molar-refractivity contribution in [2.45, 2.75) is 38.1 Å². The molecule has 112 valence electrons. The minimum atomic E-state index is -3.34. The van der Waals surface area contributed by atoms with Gasteiger partial charge in [0.15, 0.2) is 0 Å². The van der Waals surface area contributed by atoms with E-state index in [4.69, 9.17) is 0 Å². The molecule has 2 rings (SSSR count). The summed E-state index contributed by atoms with van der Waals surface area (Å²) in [6, 6.07) is 8.53. The Morgan fingerprint density at radius 3 is 2.20 bits per heavy atom. The van der Waals surface area contributed by atoms with Crippen LogP contribution in [0.5, 0.6) is 0 Å². The molecule has 0 aliphatic heterocycles. The lowest BCUT2D eigenvalue weighted by atomic mass is 9.93. The SMILES string of the molecule is Cc1ccc([C@H]2CCC[C@H]2N(C)S(=O)(=O)N(C)C)cc1. The monoisotopic (exact) mass is 296 g/mol. The number of hydrogen-bond donors (Lipinski definition) is 0. The maximum Gasteiger partial charge on any atom is 0.281 e. The van der Waals surface area contributed by atoms with Crippen molar-refractivity contribution in [3.8, 4) is 0 Å². The van der Waals surface area contributed by atoms with Crippen LogP contribution in [0.25, 0.3) is 0 Å². The van der Waals surface area contributed by atoms with E-state index in [2.05, 4.69) is 31.2 Å². The molecule has 5 heteroatoms. The van der Waals surface area contributed by atoms with Gasteiger partial charge >= 0.3 is 0 Å². The summed E-state index contributed by atoms with van der Waals surface area (Å²) in [5.74, 6) is 0.301. The lowest BCUT2D eigenvalue weighted by Gasteiger charge is -2.31. The number of nitrogens with zero attached hydrogens (tertiary/aromatic N) is 2. The van der Waals surface area contributed by atoms with Gasteiger partial charge in [-0.15, -0.1) is 0 Å². The summed E-state index contributed by atoms with van der Waals surface area (Å²) >= 11 is 0. The van der Waals surface area contributed by atoms with E-state index >= 15 is 0 Å². The minimum Gasteiger partial charge on any atom is -0.195 e. The van der Waals surface area contributed by atoms with Crippen molar-refractivity contribution in [1.29, 1.82) is 0 Å². The van der Waals surface area contributed by atoms with Crippen LogP contribution in [0.4, 0.5) is 0 Å². The third kappa shape index (κ3) is 2.90. The van der Waals surface area contributed by atoms with Gasteiger partial charge in [0, 0.05) is 33.1 Å². The molecule has 1 saturated carbocycles. The molecule has 1 fully saturated rings. The normalized spacial score (nSPS) is 23.7. The Hall–Kier alpha value is -0.910. The number of aryl methyl sites for hydroxylation is 1. The van der Waals surface area contributed by atoms with E-state index in [1.807, 2.05) is 0 Å². The molecule has 1 aliphatic carbocycles. The molecule has 1 aromatic rings. The molecule has 0 saturated heterocycles. The highest BCUT2D eigenvalue weighted by Crippen LogP contribution is 2.38. The predicted molar refractivity (Wildman–Crippen MR) is 81.9 cm³/mol. The molecule has 20 heavy (non-hydrogen) atoms. The fourth-order valence-corrected chi connectivity index (χ4v) is 4.12. The van der Waals surface area contributed by atoms with E-state index in [0.29, 0.717) is 5.92 Å². The van der Waals surface area contributed by atoms with Gasteiger partial charge in [-0.3, -0.25) is 0 Å². The molecule has 0 unspecified atom stereocenters. The van der Waals surface area contributed by atoms with Crippen molar-refractivity contribution in [2.24, 2.45) is 0 Å². The first-order valence-corrected chi connectivity index (χ1v) is 8.46. The van der Waals surface area contributed by atoms with Gasteiger partial charge in [0.25, 0.3) is 10.2 Å². The van der Waals surface area contributed by atoms with Gasteiger partial charge in [0.2, 0.25) is 0 Å². The second-order valence-corrected chi connectivity index (χ2v) is 8.02. The van der Waals surface area contributed by atoms with E-state index in [-0.39, 0.29) is 6.04 Å². The van der Waals surface area contributed by atoms with Gasteiger partial charge in [-0.1, -0.05) is 36.2 Å². The number of rotatable bonds is 4. The van der Waals surface area contributed by atoms with Crippen molar-refractivity contribution in [2.75, 3.05) is 21.1 Å².